The molecule has 0 radical (unpaired) electrons. The number of aromatic nitrogens is 3. The van der Waals surface area contributed by atoms with Gasteiger partial charge in [-0.25, -0.2) is 9.07 Å². The van der Waals surface area contributed by atoms with Crippen molar-refractivity contribution in [3.05, 3.63) is 48.0 Å². The zero-order valence-corrected chi connectivity index (χ0v) is 11.7. The predicted molar refractivity (Wildman–Crippen MR) is 75.0 cm³/mol. The van der Waals surface area contributed by atoms with Crippen molar-refractivity contribution < 1.29 is 9.18 Å². The van der Waals surface area contributed by atoms with Gasteiger partial charge in [-0.2, -0.15) is 0 Å². The van der Waals surface area contributed by atoms with Crippen molar-refractivity contribution in [1.29, 1.82) is 0 Å². The summed E-state index contributed by atoms with van der Waals surface area (Å²) in [5, 5.41) is 7.77. The number of likely N-dealkylation sites (tertiary alicyclic amines) is 1. The Kier molecular flexibility index (Phi) is 3.94. The fourth-order valence-electron chi connectivity index (χ4n) is 2.70. The van der Waals surface area contributed by atoms with E-state index in [0.29, 0.717) is 24.9 Å². The van der Waals surface area contributed by atoms with Crippen LogP contribution in [0.2, 0.25) is 0 Å². The number of carbonyl (C=O) groups is 1. The number of amides is 1. The van der Waals surface area contributed by atoms with Crippen molar-refractivity contribution in [1.82, 2.24) is 19.9 Å². The third kappa shape index (κ3) is 3.09. The Morgan fingerprint density at radius 3 is 3.00 bits per heavy atom. The topological polar surface area (TPSA) is 51.0 Å². The summed E-state index contributed by atoms with van der Waals surface area (Å²) >= 11 is 0. The first-order valence-electron chi connectivity index (χ1n) is 7.11. The van der Waals surface area contributed by atoms with Gasteiger partial charge in [-0.05, 0) is 24.5 Å². The molecule has 0 spiro atoms. The second kappa shape index (κ2) is 6.03. The molecule has 1 fully saturated rings. The summed E-state index contributed by atoms with van der Waals surface area (Å²) in [5.41, 5.74) is 0.595. The number of hydrogen-bond acceptors (Lipinski definition) is 3. The van der Waals surface area contributed by atoms with E-state index in [1.165, 1.54) is 6.07 Å². The van der Waals surface area contributed by atoms with E-state index in [4.69, 9.17) is 0 Å². The van der Waals surface area contributed by atoms with Gasteiger partial charge in [-0.1, -0.05) is 23.4 Å². The van der Waals surface area contributed by atoms with Crippen LogP contribution in [0.4, 0.5) is 4.39 Å². The van der Waals surface area contributed by atoms with Crippen molar-refractivity contribution >= 4 is 5.91 Å². The monoisotopic (exact) mass is 288 g/mol. The smallest absolute Gasteiger partial charge is 0.222 e. The molecule has 1 atom stereocenters. The summed E-state index contributed by atoms with van der Waals surface area (Å²) in [4.78, 5) is 14.0. The molecule has 1 aromatic heterocycles. The van der Waals surface area contributed by atoms with Gasteiger partial charge in [-0.3, -0.25) is 4.79 Å². The fourth-order valence-corrected chi connectivity index (χ4v) is 2.70. The Labute approximate surface area is 122 Å². The van der Waals surface area contributed by atoms with E-state index in [-0.39, 0.29) is 17.8 Å². The molecule has 0 bridgehead atoms. The molecular weight excluding hydrogens is 271 g/mol. The Morgan fingerprint density at radius 2 is 2.24 bits per heavy atom. The first-order valence-corrected chi connectivity index (χ1v) is 7.11. The van der Waals surface area contributed by atoms with Crippen molar-refractivity contribution in [2.75, 3.05) is 13.1 Å². The summed E-state index contributed by atoms with van der Waals surface area (Å²) in [5.74, 6) is -0.173. The number of aryl methyl sites for hydroxylation is 1. The van der Waals surface area contributed by atoms with Crippen LogP contribution in [-0.4, -0.2) is 38.9 Å². The van der Waals surface area contributed by atoms with E-state index in [1.54, 1.807) is 29.1 Å². The second-order valence-corrected chi connectivity index (χ2v) is 5.26. The van der Waals surface area contributed by atoms with Crippen LogP contribution in [0.15, 0.2) is 36.7 Å². The van der Waals surface area contributed by atoms with Crippen molar-refractivity contribution in [3.8, 4) is 0 Å². The van der Waals surface area contributed by atoms with Gasteiger partial charge < -0.3 is 4.90 Å². The molecule has 0 aliphatic carbocycles. The summed E-state index contributed by atoms with van der Waals surface area (Å²) in [6.07, 6.45) is 5.12. The molecule has 1 aromatic carbocycles. The summed E-state index contributed by atoms with van der Waals surface area (Å²) in [7, 11) is 0. The zero-order chi connectivity index (χ0) is 14.7. The Hall–Kier alpha value is -2.24. The van der Waals surface area contributed by atoms with Gasteiger partial charge >= 0.3 is 0 Å². The van der Waals surface area contributed by atoms with Crippen LogP contribution in [0.25, 0.3) is 0 Å². The number of halogens is 1. The van der Waals surface area contributed by atoms with Crippen LogP contribution >= 0.6 is 0 Å². The molecule has 1 amide bonds. The number of carbonyl (C=O) groups excluding carboxylic acids is 1. The highest BCUT2D eigenvalue weighted by atomic mass is 19.1. The van der Waals surface area contributed by atoms with Gasteiger partial charge in [-0.15, -0.1) is 5.10 Å². The molecule has 1 aliphatic rings. The zero-order valence-electron chi connectivity index (χ0n) is 11.7. The van der Waals surface area contributed by atoms with Crippen molar-refractivity contribution in [3.63, 3.8) is 0 Å². The molecule has 0 N–H and O–H groups in total. The normalized spacial score (nSPS) is 18.1. The van der Waals surface area contributed by atoms with E-state index in [1.807, 2.05) is 11.1 Å². The minimum Gasteiger partial charge on any atom is -0.340 e. The maximum absolute atomic E-state index is 13.5. The number of rotatable bonds is 4. The fraction of sp³-hybridized carbons (Fsp3) is 0.400. The largest absolute Gasteiger partial charge is 0.340 e. The van der Waals surface area contributed by atoms with Gasteiger partial charge in [0, 0.05) is 25.7 Å². The molecular formula is C15H17FN4O. The first-order chi connectivity index (χ1) is 10.2. The van der Waals surface area contributed by atoms with E-state index < -0.39 is 0 Å². The molecule has 2 heterocycles. The minimum atomic E-state index is -0.243. The lowest BCUT2D eigenvalue weighted by molar-refractivity contribution is -0.130. The van der Waals surface area contributed by atoms with Crippen LogP contribution in [0.1, 0.15) is 24.4 Å². The van der Waals surface area contributed by atoms with E-state index in [9.17, 15) is 9.18 Å². The van der Waals surface area contributed by atoms with Gasteiger partial charge in [0.1, 0.15) is 5.82 Å². The Morgan fingerprint density at radius 1 is 1.38 bits per heavy atom. The SMILES string of the molecule is O=C(CCc1ccccc1F)N1CCC(n2ccnn2)C1. The van der Waals surface area contributed by atoms with Crippen LogP contribution in [0.5, 0.6) is 0 Å². The van der Waals surface area contributed by atoms with Crippen molar-refractivity contribution in [2.45, 2.75) is 25.3 Å². The second-order valence-electron chi connectivity index (χ2n) is 5.26. The van der Waals surface area contributed by atoms with Gasteiger partial charge in [0.15, 0.2) is 0 Å². The van der Waals surface area contributed by atoms with Crippen LogP contribution < -0.4 is 0 Å². The minimum absolute atomic E-state index is 0.0702. The van der Waals surface area contributed by atoms with E-state index in [2.05, 4.69) is 10.3 Å². The molecule has 6 heteroatoms. The van der Waals surface area contributed by atoms with Crippen LogP contribution in [0.3, 0.4) is 0 Å². The molecule has 5 nitrogen and oxygen atoms in total. The molecule has 1 aliphatic heterocycles. The molecule has 3 rings (SSSR count). The summed E-state index contributed by atoms with van der Waals surface area (Å²) < 4.78 is 15.3. The maximum atomic E-state index is 13.5. The van der Waals surface area contributed by atoms with Crippen LogP contribution in [0, 0.1) is 5.82 Å². The molecule has 1 saturated heterocycles. The van der Waals surface area contributed by atoms with Crippen LogP contribution in [-0.2, 0) is 11.2 Å². The maximum Gasteiger partial charge on any atom is 0.222 e. The van der Waals surface area contributed by atoms with Gasteiger partial charge in [0.05, 0.1) is 12.2 Å². The Bertz CT molecular complexity index is 614. The number of hydrogen-bond donors (Lipinski definition) is 0. The lowest BCUT2D eigenvalue weighted by Crippen LogP contribution is -2.29. The number of benzene rings is 1. The van der Waals surface area contributed by atoms with Gasteiger partial charge in [0.25, 0.3) is 0 Å². The average Bonchev–Trinajstić information content (AvgIpc) is 3.16. The third-order valence-corrected chi connectivity index (χ3v) is 3.90. The summed E-state index contributed by atoms with van der Waals surface area (Å²) in [6.45, 7) is 1.38. The molecule has 110 valence electrons. The third-order valence-electron chi connectivity index (χ3n) is 3.90. The molecule has 2 aromatic rings. The number of nitrogens with zero attached hydrogens (tertiary/aromatic N) is 4. The first kappa shape index (κ1) is 13.7. The van der Waals surface area contributed by atoms with Gasteiger partial charge in [0.2, 0.25) is 5.91 Å². The molecule has 21 heavy (non-hydrogen) atoms. The Balaban J connectivity index is 1.54. The molecule has 0 saturated carbocycles. The van der Waals surface area contributed by atoms with E-state index >= 15 is 0 Å². The lowest BCUT2D eigenvalue weighted by Gasteiger charge is -2.16. The quantitative estimate of drug-likeness (QED) is 0.862. The standard InChI is InChI=1S/C15H17FN4O/c16-14-4-2-1-3-12(14)5-6-15(21)19-9-7-13(11-19)20-10-8-17-18-20/h1-4,8,10,13H,5-7,9,11H2. The lowest BCUT2D eigenvalue weighted by atomic mass is 10.1. The average molecular weight is 288 g/mol. The highest BCUT2D eigenvalue weighted by molar-refractivity contribution is 5.76. The van der Waals surface area contributed by atoms with Crippen molar-refractivity contribution in [2.24, 2.45) is 0 Å². The predicted octanol–water partition coefficient (Wildman–Crippen LogP) is 1.82. The highest BCUT2D eigenvalue weighted by Crippen LogP contribution is 2.21. The van der Waals surface area contributed by atoms with E-state index in [0.717, 1.165) is 13.0 Å². The summed E-state index contributed by atoms with van der Waals surface area (Å²) in [6, 6.07) is 6.80. The molecule has 1 unspecified atom stereocenters. The highest BCUT2D eigenvalue weighted by Gasteiger charge is 2.27.